The predicted molar refractivity (Wildman–Crippen MR) is 124 cm³/mol. The third kappa shape index (κ3) is 4.09. The highest BCUT2D eigenvalue weighted by Gasteiger charge is 2.24. The van der Waals surface area contributed by atoms with Crippen molar-refractivity contribution in [3.8, 4) is 11.1 Å². The number of anilines is 1. The number of halogens is 1. The first-order valence-corrected chi connectivity index (χ1v) is 10.8. The standard InChI is InChI=1S/C24H23FN6O2/c1-16-26-13-17(14-27-16)19-12-18(25)6-7-21(19)29-8-10-30(11-9-29)23(32)15-31-22-5-3-2-4-20(22)28-24(31)33/h2-7,12-14H,8-11,15H2,1H3,(H,28,33). The lowest BCUT2D eigenvalue weighted by molar-refractivity contribution is -0.132. The summed E-state index contributed by atoms with van der Waals surface area (Å²) in [6.07, 6.45) is 3.39. The number of aryl methyl sites for hydroxylation is 1. The highest BCUT2D eigenvalue weighted by Crippen LogP contribution is 2.31. The maximum absolute atomic E-state index is 14.0. The summed E-state index contributed by atoms with van der Waals surface area (Å²) < 4.78 is 15.5. The van der Waals surface area contributed by atoms with E-state index in [0.717, 1.165) is 16.8 Å². The quantitative estimate of drug-likeness (QED) is 0.521. The molecule has 0 bridgehead atoms. The minimum absolute atomic E-state index is 0.00858. The van der Waals surface area contributed by atoms with Crippen LogP contribution in [0.3, 0.4) is 0 Å². The van der Waals surface area contributed by atoms with Gasteiger partial charge < -0.3 is 14.8 Å². The van der Waals surface area contributed by atoms with Crippen molar-refractivity contribution in [2.24, 2.45) is 0 Å². The van der Waals surface area contributed by atoms with Gasteiger partial charge in [0.1, 0.15) is 18.2 Å². The molecule has 2 aromatic heterocycles. The molecule has 0 spiro atoms. The molecule has 168 valence electrons. The Hall–Kier alpha value is -4.01. The summed E-state index contributed by atoms with van der Waals surface area (Å²) in [4.78, 5) is 40.4. The van der Waals surface area contributed by atoms with E-state index in [0.29, 0.717) is 43.0 Å². The van der Waals surface area contributed by atoms with Gasteiger partial charge in [0.15, 0.2) is 0 Å². The molecule has 1 amide bonds. The normalized spacial score (nSPS) is 14.1. The number of imidazole rings is 1. The second kappa shape index (κ2) is 8.50. The molecule has 1 N–H and O–H groups in total. The molecular formula is C24H23FN6O2. The Labute approximate surface area is 189 Å². The van der Waals surface area contributed by atoms with Crippen molar-refractivity contribution in [3.63, 3.8) is 0 Å². The van der Waals surface area contributed by atoms with Crippen LogP contribution in [-0.2, 0) is 11.3 Å². The van der Waals surface area contributed by atoms with E-state index in [1.165, 1.54) is 16.7 Å². The smallest absolute Gasteiger partial charge is 0.326 e. The van der Waals surface area contributed by atoms with E-state index >= 15 is 0 Å². The van der Waals surface area contributed by atoms with Gasteiger partial charge in [0.05, 0.1) is 11.0 Å². The van der Waals surface area contributed by atoms with Gasteiger partial charge >= 0.3 is 5.69 Å². The van der Waals surface area contributed by atoms with Crippen LogP contribution in [0.1, 0.15) is 5.82 Å². The number of piperazine rings is 1. The van der Waals surface area contributed by atoms with Crippen LogP contribution in [0.5, 0.6) is 0 Å². The van der Waals surface area contributed by atoms with Crippen molar-refractivity contribution in [3.05, 3.63) is 77.0 Å². The van der Waals surface area contributed by atoms with E-state index < -0.39 is 0 Å². The molecule has 0 radical (unpaired) electrons. The fourth-order valence-electron chi connectivity index (χ4n) is 4.24. The third-order valence-electron chi connectivity index (χ3n) is 6.00. The van der Waals surface area contributed by atoms with E-state index in [-0.39, 0.29) is 24.0 Å². The summed E-state index contributed by atoms with van der Waals surface area (Å²) in [5, 5.41) is 0. The first-order valence-electron chi connectivity index (χ1n) is 10.8. The van der Waals surface area contributed by atoms with Crippen LogP contribution in [0.4, 0.5) is 10.1 Å². The predicted octanol–water partition coefficient (Wildman–Crippen LogP) is 2.58. The Bertz CT molecular complexity index is 1370. The molecule has 2 aromatic carbocycles. The maximum atomic E-state index is 14.0. The lowest BCUT2D eigenvalue weighted by Gasteiger charge is -2.37. The van der Waals surface area contributed by atoms with Crippen molar-refractivity contribution in [1.82, 2.24) is 24.4 Å². The number of carbonyl (C=O) groups is 1. The summed E-state index contributed by atoms with van der Waals surface area (Å²) in [5.74, 6) is 0.221. The largest absolute Gasteiger partial charge is 0.367 e. The molecule has 9 heteroatoms. The summed E-state index contributed by atoms with van der Waals surface area (Å²) in [6.45, 7) is 4.01. The number of hydrogen-bond donors (Lipinski definition) is 1. The Morgan fingerprint density at radius 2 is 1.79 bits per heavy atom. The molecule has 1 aliphatic heterocycles. The zero-order valence-corrected chi connectivity index (χ0v) is 18.2. The number of rotatable bonds is 4. The molecular weight excluding hydrogens is 423 g/mol. The Morgan fingerprint density at radius 3 is 2.55 bits per heavy atom. The second-order valence-corrected chi connectivity index (χ2v) is 8.08. The first kappa shape index (κ1) is 20.9. The fraction of sp³-hybridized carbons (Fsp3) is 0.250. The molecule has 4 aromatic rings. The second-order valence-electron chi connectivity index (χ2n) is 8.08. The van der Waals surface area contributed by atoms with Gasteiger partial charge in [0.2, 0.25) is 5.91 Å². The topological polar surface area (TPSA) is 87.1 Å². The van der Waals surface area contributed by atoms with Crippen LogP contribution >= 0.6 is 0 Å². The zero-order valence-electron chi connectivity index (χ0n) is 18.2. The number of nitrogens with one attached hydrogen (secondary N) is 1. The van der Waals surface area contributed by atoms with E-state index in [1.54, 1.807) is 30.3 Å². The fourth-order valence-corrected chi connectivity index (χ4v) is 4.24. The lowest BCUT2D eigenvalue weighted by atomic mass is 10.0. The van der Waals surface area contributed by atoms with Crippen molar-refractivity contribution >= 4 is 22.6 Å². The molecule has 0 saturated carbocycles. The third-order valence-corrected chi connectivity index (χ3v) is 6.00. The van der Waals surface area contributed by atoms with Crippen molar-refractivity contribution in [1.29, 1.82) is 0 Å². The summed E-state index contributed by atoms with van der Waals surface area (Å²) in [6, 6.07) is 12.0. The van der Waals surface area contributed by atoms with Gasteiger partial charge in [-0.05, 0) is 37.3 Å². The van der Waals surface area contributed by atoms with Gasteiger partial charge in [-0.1, -0.05) is 12.1 Å². The number of nitrogens with zero attached hydrogens (tertiary/aromatic N) is 5. The SMILES string of the molecule is Cc1ncc(-c2cc(F)ccc2N2CCN(C(=O)Cn3c(=O)[nH]c4ccccc43)CC2)cn1. The number of aromatic amines is 1. The van der Waals surface area contributed by atoms with E-state index in [1.807, 2.05) is 24.3 Å². The first-order chi connectivity index (χ1) is 16.0. The maximum Gasteiger partial charge on any atom is 0.326 e. The molecule has 33 heavy (non-hydrogen) atoms. The number of aromatic nitrogens is 4. The molecule has 1 saturated heterocycles. The van der Waals surface area contributed by atoms with Gasteiger partial charge in [-0.15, -0.1) is 0 Å². The van der Waals surface area contributed by atoms with Gasteiger partial charge in [-0.25, -0.2) is 19.2 Å². The van der Waals surface area contributed by atoms with Gasteiger partial charge in [0, 0.05) is 55.4 Å². The Balaban J connectivity index is 1.31. The van der Waals surface area contributed by atoms with Crippen LogP contribution < -0.4 is 10.6 Å². The van der Waals surface area contributed by atoms with E-state index in [9.17, 15) is 14.0 Å². The summed E-state index contributed by atoms with van der Waals surface area (Å²) in [5.41, 5.74) is 3.48. The van der Waals surface area contributed by atoms with Crippen LogP contribution in [0.15, 0.2) is 59.7 Å². The van der Waals surface area contributed by atoms with Gasteiger partial charge in [-0.2, -0.15) is 0 Å². The summed E-state index contributed by atoms with van der Waals surface area (Å²) in [7, 11) is 0. The zero-order chi connectivity index (χ0) is 22.9. The minimum Gasteiger partial charge on any atom is -0.367 e. The molecule has 1 aliphatic rings. The molecule has 8 nitrogen and oxygen atoms in total. The Kier molecular flexibility index (Phi) is 5.37. The highest BCUT2D eigenvalue weighted by atomic mass is 19.1. The van der Waals surface area contributed by atoms with Crippen LogP contribution in [-0.4, -0.2) is 56.5 Å². The average Bonchev–Trinajstić information content (AvgIpc) is 3.14. The van der Waals surface area contributed by atoms with Crippen molar-refractivity contribution in [2.45, 2.75) is 13.5 Å². The molecule has 3 heterocycles. The van der Waals surface area contributed by atoms with Gasteiger partial charge in [-0.3, -0.25) is 9.36 Å². The number of hydrogen-bond acceptors (Lipinski definition) is 5. The minimum atomic E-state index is -0.327. The number of carbonyl (C=O) groups excluding carboxylic acids is 1. The highest BCUT2D eigenvalue weighted by molar-refractivity contribution is 5.81. The van der Waals surface area contributed by atoms with E-state index in [4.69, 9.17) is 0 Å². The monoisotopic (exact) mass is 446 g/mol. The lowest BCUT2D eigenvalue weighted by Crippen LogP contribution is -2.50. The molecule has 1 fully saturated rings. The molecule has 0 atom stereocenters. The number of benzene rings is 2. The van der Waals surface area contributed by atoms with Crippen LogP contribution in [0.25, 0.3) is 22.2 Å². The van der Waals surface area contributed by atoms with Crippen molar-refractivity contribution in [2.75, 3.05) is 31.1 Å². The van der Waals surface area contributed by atoms with Crippen LogP contribution in [0, 0.1) is 12.7 Å². The number of fused-ring (bicyclic) bond motifs is 1. The number of para-hydroxylation sites is 2. The van der Waals surface area contributed by atoms with Gasteiger partial charge in [0.25, 0.3) is 0 Å². The van der Waals surface area contributed by atoms with Crippen LogP contribution in [0.2, 0.25) is 0 Å². The number of amides is 1. The number of H-pyrrole nitrogens is 1. The van der Waals surface area contributed by atoms with Crippen molar-refractivity contribution < 1.29 is 9.18 Å². The molecule has 0 unspecified atom stereocenters. The molecule has 5 rings (SSSR count). The summed E-state index contributed by atoms with van der Waals surface area (Å²) >= 11 is 0. The Morgan fingerprint density at radius 1 is 1.06 bits per heavy atom. The molecule has 0 aliphatic carbocycles. The average molecular weight is 446 g/mol. The van der Waals surface area contributed by atoms with E-state index in [2.05, 4.69) is 19.9 Å².